The lowest BCUT2D eigenvalue weighted by atomic mass is 9.97. The summed E-state index contributed by atoms with van der Waals surface area (Å²) in [6.07, 6.45) is 2.81. The number of likely N-dealkylation sites (tertiary alicyclic amines) is 1. The summed E-state index contributed by atoms with van der Waals surface area (Å²) >= 11 is 5.83. The number of aliphatic imine (C=N–C) groups is 1. The van der Waals surface area contributed by atoms with Crippen LogP contribution in [0, 0.1) is 12.8 Å². The molecule has 4 rings (SSSR count). The number of rotatable bonds is 4. The summed E-state index contributed by atoms with van der Waals surface area (Å²) in [5.41, 5.74) is 4.54. The van der Waals surface area contributed by atoms with E-state index in [2.05, 4.69) is 20.7 Å². The number of nitrogens with one attached hydrogen (secondary N) is 2. The van der Waals surface area contributed by atoms with E-state index in [0.29, 0.717) is 35.9 Å². The van der Waals surface area contributed by atoms with Crippen molar-refractivity contribution in [2.75, 3.05) is 30.0 Å². The van der Waals surface area contributed by atoms with Crippen LogP contribution in [0.4, 0.5) is 11.5 Å². The van der Waals surface area contributed by atoms with Crippen molar-refractivity contribution < 1.29 is 14.4 Å². The number of carbonyl (C=O) groups excluding carboxylic acids is 3. The summed E-state index contributed by atoms with van der Waals surface area (Å²) in [5, 5.41) is 4.59. The number of hydrazine groups is 1. The molecule has 3 heterocycles. The van der Waals surface area contributed by atoms with E-state index < -0.39 is 0 Å². The van der Waals surface area contributed by atoms with Gasteiger partial charge in [-0.2, -0.15) is 0 Å². The highest BCUT2D eigenvalue weighted by atomic mass is 35.5. The second kappa shape index (κ2) is 9.35. The zero-order chi connectivity index (χ0) is 22.7. The fraction of sp³-hybridized carbons (Fsp3) is 0.318. The molecule has 0 spiro atoms. The molecule has 2 aliphatic rings. The first-order valence-corrected chi connectivity index (χ1v) is 10.7. The first-order valence-electron chi connectivity index (χ1n) is 10.3. The summed E-state index contributed by atoms with van der Waals surface area (Å²) < 4.78 is 0. The number of hydrogen-bond donors (Lipinski definition) is 2. The van der Waals surface area contributed by atoms with Gasteiger partial charge in [-0.3, -0.25) is 24.8 Å². The third kappa shape index (κ3) is 4.88. The van der Waals surface area contributed by atoms with E-state index in [4.69, 9.17) is 11.6 Å². The Morgan fingerprint density at radius 2 is 1.97 bits per heavy atom. The van der Waals surface area contributed by atoms with Crippen molar-refractivity contribution in [3.05, 3.63) is 53.2 Å². The van der Waals surface area contributed by atoms with Gasteiger partial charge < -0.3 is 10.2 Å². The highest BCUT2D eigenvalue weighted by molar-refractivity contribution is 6.39. The number of amides is 3. The number of aryl methyl sites for hydroxylation is 1. The minimum atomic E-state index is -0.371. The van der Waals surface area contributed by atoms with Crippen LogP contribution in [0.15, 0.2) is 47.6 Å². The van der Waals surface area contributed by atoms with Gasteiger partial charge in [-0.15, -0.1) is 0 Å². The van der Waals surface area contributed by atoms with Crippen molar-refractivity contribution in [2.24, 2.45) is 10.9 Å². The van der Waals surface area contributed by atoms with E-state index >= 15 is 0 Å². The van der Waals surface area contributed by atoms with E-state index in [1.165, 1.54) is 11.2 Å². The van der Waals surface area contributed by atoms with Crippen LogP contribution in [0.1, 0.15) is 18.4 Å². The number of hydrogen-bond acceptors (Lipinski definition) is 6. The van der Waals surface area contributed by atoms with Crippen LogP contribution in [-0.2, 0) is 14.4 Å². The molecule has 2 N–H and O–H groups in total. The quantitative estimate of drug-likeness (QED) is 0.736. The van der Waals surface area contributed by atoms with E-state index in [1.807, 2.05) is 19.1 Å². The molecule has 0 bridgehead atoms. The predicted octanol–water partition coefficient (Wildman–Crippen LogP) is 2.17. The molecule has 1 aromatic carbocycles. The normalized spacial score (nSPS) is 18.6. The number of piperidine rings is 1. The minimum Gasteiger partial charge on any atom is -0.335 e. The summed E-state index contributed by atoms with van der Waals surface area (Å²) in [7, 11) is 0. The number of aromatic nitrogens is 1. The van der Waals surface area contributed by atoms with Crippen molar-refractivity contribution in [3.63, 3.8) is 0 Å². The van der Waals surface area contributed by atoms with Gasteiger partial charge in [0.15, 0.2) is 0 Å². The Kier molecular flexibility index (Phi) is 6.36. The largest absolute Gasteiger partial charge is 0.335 e. The lowest BCUT2D eigenvalue weighted by Gasteiger charge is -2.34. The summed E-state index contributed by atoms with van der Waals surface area (Å²) in [6, 6.07) is 10.7. The highest BCUT2D eigenvalue weighted by Gasteiger charge is 2.33. The van der Waals surface area contributed by atoms with E-state index in [9.17, 15) is 14.4 Å². The molecule has 2 aliphatic heterocycles. The molecule has 32 heavy (non-hydrogen) atoms. The molecule has 1 atom stereocenters. The van der Waals surface area contributed by atoms with Crippen LogP contribution in [0.25, 0.3) is 0 Å². The van der Waals surface area contributed by atoms with E-state index in [-0.39, 0.29) is 42.6 Å². The number of pyridine rings is 1. The fourth-order valence-corrected chi connectivity index (χ4v) is 3.75. The highest BCUT2D eigenvalue weighted by Crippen LogP contribution is 2.20. The maximum Gasteiger partial charge on any atom is 0.290 e. The van der Waals surface area contributed by atoms with Gasteiger partial charge in [-0.1, -0.05) is 29.3 Å². The number of halogens is 1. The molecule has 10 heteroatoms. The molecular formula is C22H23ClN6O3. The summed E-state index contributed by atoms with van der Waals surface area (Å²) in [6.45, 7) is 2.61. The second-order valence-electron chi connectivity index (χ2n) is 7.78. The molecule has 0 radical (unpaired) electrons. The average molecular weight is 455 g/mol. The molecule has 1 fully saturated rings. The molecule has 2 aromatic rings. The number of nitrogens with zero attached hydrogens (tertiary/aromatic N) is 4. The van der Waals surface area contributed by atoms with Crippen molar-refractivity contribution >= 4 is 46.7 Å². The Morgan fingerprint density at radius 1 is 1.19 bits per heavy atom. The maximum absolute atomic E-state index is 13.1. The number of anilines is 2. The van der Waals surface area contributed by atoms with Gasteiger partial charge in [-0.25, -0.2) is 9.99 Å². The molecule has 1 aromatic heterocycles. The molecule has 0 aliphatic carbocycles. The Bertz CT molecular complexity index is 1050. The molecule has 1 unspecified atom stereocenters. The molecule has 1 saturated heterocycles. The smallest absolute Gasteiger partial charge is 0.290 e. The van der Waals surface area contributed by atoms with Crippen LogP contribution in [-0.4, -0.2) is 53.1 Å². The molecule has 3 amide bonds. The van der Waals surface area contributed by atoms with Crippen LogP contribution < -0.4 is 15.8 Å². The zero-order valence-corrected chi connectivity index (χ0v) is 18.3. The number of benzene rings is 1. The topological polar surface area (TPSA) is 107 Å². The lowest BCUT2D eigenvalue weighted by Crippen LogP contribution is -2.57. The number of amidine groups is 1. The van der Waals surface area contributed by atoms with Gasteiger partial charge in [0.2, 0.25) is 11.7 Å². The zero-order valence-electron chi connectivity index (χ0n) is 17.5. The first kappa shape index (κ1) is 21.8. The van der Waals surface area contributed by atoms with Crippen LogP contribution in [0.3, 0.4) is 0 Å². The van der Waals surface area contributed by atoms with Crippen molar-refractivity contribution in [1.82, 2.24) is 15.3 Å². The molecule has 9 nitrogen and oxygen atoms in total. The maximum atomic E-state index is 13.1. The lowest BCUT2D eigenvalue weighted by molar-refractivity contribution is -0.129. The van der Waals surface area contributed by atoms with Gasteiger partial charge in [0.1, 0.15) is 12.4 Å². The number of carbonyl (C=O) groups is 3. The van der Waals surface area contributed by atoms with Gasteiger partial charge in [0.05, 0.1) is 16.6 Å². The molecule has 0 saturated carbocycles. The Balaban J connectivity index is 1.41. The minimum absolute atomic E-state index is 0.0885. The molecule has 166 valence electrons. The van der Waals surface area contributed by atoms with Gasteiger partial charge >= 0.3 is 0 Å². The predicted molar refractivity (Wildman–Crippen MR) is 121 cm³/mol. The third-order valence-electron chi connectivity index (χ3n) is 5.39. The van der Waals surface area contributed by atoms with Crippen LogP contribution >= 0.6 is 11.6 Å². The summed E-state index contributed by atoms with van der Waals surface area (Å²) in [5.74, 6) is -0.663. The third-order valence-corrected chi connectivity index (χ3v) is 5.62. The Morgan fingerprint density at radius 3 is 2.69 bits per heavy atom. The standard InChI is InChI=1S/C22H23ClN6O3/c1-14-4-7-17(8-5-14)29-19(30)12-25-20(27-29)22(32)28-10-2-3-15(13-28)21(31)26-18-9-6-16(23)11-24-18/h4-9,11,15H,2-3,10,12-13H2,1H3,(H,25,27)(H,24,26,31). The molecular weight excluding hydrogens is 432 g/mol. The van der Waals surface area contributed by atoms with Crippen LogP contribution in [0.5, 0.6) is 0 Å². The Hall–Kier alpha value is -3.46. The van der Waals surface area contributed by atoms with E-state index in [1.54, 1.807) is 29.2 Å². The average Bonchev–Trinajstić information content (AvgIpc) is 2.81. The van der Waals surface area contributed by atoms with Gasteiger partial charge in [0.25, 0.3) is 11.8 Å². The van der Waals surface area contributed by atoms with Crippen molar-refractivity contribution in [3.8, 4) is 0 Å². The van der Waals surface area contributed by atoms with Gasteiger partial charge in [0, 0.05) is 19.3 Å². The van der Waals surface area contributed by atoms with E-state index in [0.717, 1.165) is 5.56 Å². The van der Waals surface area contributed by atoms with Crippen LogP contribution in [0.2, 0.25) is 5.02 Å². The fourth-order valence-electron chi connectivity index (χ4n) is 3.64. The second-order valence-corrected chi connectivity index (χ2v) is 8.22. The first-order chi connectivity index (χ1) is 15.4. The monoisotopic (exact) mass is 454 g/mol. The Labute approximate surface area is 190 Å². The van der Waals surface area contributed by atoms with Crippen molar-refractivity contribution in [1.29, 1.82) is 0 Å². The van der Waals surface area contributed by atoms with Gasteiger partial charge in [-0.05, 0) is 44.0 Å². The summed E-state index contributed by atoms with van der Waals surface area (Å²) in [4.78, 5) is 47.9. The SMILES string of the molecule is Cc1ccc(N2NC(C(=O)N3CCCC(C(=O)Nc4ccc(Cl)cn4)C3)=NCC2=O)cc1. The van der Waals surface area contributed by atoms with Crippen molar-refractivity contribution in [2.45, 2.75) is 19.8 Å².